The topological polar surface area (TPSA) is 29.5 Å². The second-order valence-electron chi connectivity index (χ2n) is 8.75. The van der Waals surface area contributed by atoms with Crippen LogP contribution in [0.15, 0.2) is 18.2 Å². The summed E-state index contributed by atoms with van der Waals surface area (Å²) in [6.07, 6.45) is 3.36. The highest BCUT2D eigenvalue weighted by molar-refractivity contribution is 7.21. The van der Waals surface area contributed by atoms with Gasteiger partial charge in [0, 0.05) is 22.7 Å². The molecule has 1 amide bonds. The number of rotatable bonds is 2. The normalized spacial score (nSPS) is 27.7. The van der Waals surface area contributed by atoms with Crippen LogP contribution in [0, 0.1) is 10.8 Å². The molecule has 2 atom stereocenters. The van der Waals surface area contributed by atoms with Gasteiger partial charge in [0.15, 0.2) is 0 Å². The molecule has 5 heteroatoms. The molecular formula is C20H24ClNO2S. The summed E-state index contributed by atoms with van der Waals surface area (Å²) in [5.74, 6) is 0.856. The highest BCUT2D eigenvalue weighted by Crippen LogP contribution is 2.53. The number of halogens is 1. The van der Waals surface area contributed by atoms with Gasteiger partial charge in [-0.05, 0) is 48.3 Å². The van der Waals surface area contributed by atoms with Gasteiger partial charge in [0.25, 0.3) is 5.91 Å². The number of likely N-dealkylation sites (tertiary alicyclic amines) is 1. The third-order valence-electron chi connectivity index (χ3n) is 5.70. The highest BCUT2D eigenvalue weighted by Gasteiger charge is 2.51. The van der Waals surface area contributed by atoms with E-state index in [1.807, 2.05) is 18.2 Å². The van der Waals surface area contributed by atoms with Gasteiger partial charge in [-0.25, -0.2) is 0 Å². The number of nitrogens with zero attached hydrogens (tertiary/aromatic N) is 1. The number of methoxy groups -OCH3 is 1. The van der Waals surface area contributed by atoms with Crippen LogP contribution < -0.4 is 4.74 Å². The standard InChI is InChI=1S/C20H24ClNO2S/c1-19(2)8-12-9-20(3,10-19)11-22(12)18(23)17-16(21)14-7-13(24-4)5-6-15(14)25-17/h5-7,12H,8-11H2,1-4H3. The van der Waals surface area contributed by atoms with E-state index in [0.29, 0.717) is 21.4 Å². The van der Waals surface area contributed by atoms with Crippen molar-refractivity contribution in [3.05, 3.63) is 28.1 Å². The molecule has 1 saturated heterocycles. The van der Waals surface area contributed by atoms with Crippen LogP contribution in [0.1, 0.15) is 49.7 Å². The number of hydrogen-bond acceptors (Lipinski definition) is 3. The van der Waals surface area contributed by atoms with E-state index in [4.69, 9.17) is 16.3 Å². The molecule has 1 aromatic carbocycles. The number of hydrogen-bond donors (Lipinski definition) is 0. The molecule has 0 spiro atoms. The van der Waals surface area contributed by atoms with Crippen molar-refractivity contribution in [1.82, 2.24) is 4.90 Å². The Hall–Kier alpha value is -1.26. The molecule has 0 radical (unpaired) electrons. The van der Waals surface area contributed by atoms with Gasteiger partial charge in [-0.2, -0.15) is 0 Å². The summed E-state index contributed by atoms with van der Waals surface area (Å²) >= 11 is 8.09. The van der Waals surface area contributed by atoms with E-state index >= 15 is 0 Å². The van der Waals surface area contributed by atoms with Crippen molar-refractivity contribution < 1.29 is 9.53 Å². The smallest absolute Gasteiger partial charge is 0.265 e. The maximum Gasteiger partial charge on any atom is 0.265 e. The molecule has 134 valence electrons. The molecule has 2 fully saturated rings. The molecule has 2 aromatic rings. The van der Waals surface area contributed by atoms with Crippen LogP contribution in [0.2, 0.25) is 5.02 Å². The number of ether oxygens (including phenoxy) is 1. The average Bonchev–Trinajstić information content (AvgIpc) is 2.99. The summed E-state index contributed by atoms with van der Waals surface area (Å²) in [5, 5.41) is 1.47. The van der Waals surface area contributed by atoms with Crippen LogP contribution in [-0.4, -0.2) is 30.5 Å². The van der Waals surface area contributed by atoms with E-state index in [9.17, 15) is 4.79 Å². The number of benzene rings is 1. The Bertz CT molecular complexity index is 859. The first-order valence-corrected chi connectivity index (χ1v) is 9.98. The van der Waals surface area contributed by atoms with Crippen molar-refractivity contribution in [2.24, 2.45) is 10.8 Å². The van der Waals surface area contributed by atoms with Crippen molar-refractivity contribution in [3.8, 4) is 5.75 Å². The van der Waals surface area contributed by atoms with E-state index in [1.165, 1.54) is 17.8 Å². The summed E-state index contributed by atoms with van der Waals surface area (Å²) in [7, 11) is 1.64. The maximum absolute atomic E-state index is 13.3. The second kappa shape index (κ2) is 5.62. The fourth-order valence-electron chi connectivity index (χ4n) is 5.14. The van der Waals surface area contributed by atoms with E-state index in [2.05, 4.69) is 25.7 Å². The van der Waals surface area contributed by atoms with Gasteiger partial charge >= 0.3 is 0 Å². The van der Waals surface area contributed by atoms with Crippen LogP contribution >= 0.6 is 22.9 Å². The lowest BCUT2D eigenvalue weighted by Crippen LogP contribution is -2.37. The van der Waals surface area contributed by atoms with Crippen LogP contribution in [0.3, 0.4) is 0 Å². The van der Waals surface area contributed by atoms with Crippen molar-refractivity contribution in [1.29, 1.82) is 0 Å². The minimum absolute atomic E-state index is 0.0941. The largest absolute Gasteiger partial charge is 0.497 e. The first kappa shape index (κ1) is 17.2. The van der Waals surface area contributed by atoms with Gasteiger partial charge in [-0.1, -0.05) is 32.4 Å². The molecule has 2 unspecified atom stereocenters. The Morgan fingerprint density at radius 1 is 1.32 bits per heavy atom. The molecule has 0 N–H and O–H groups in total. The summed E-state index contributed by atoms with van der Waals surface area (Å²) < 4.78 is 6.32. The molecule has 1 aliphatic heterocycles. The quantitative estimate of drug-likeness (QED) is 0.681. The van der Waals surface area contributed by atoms with Gasteiger partial charge in [-0.3, -0.25) is 4.79 Å². The first-order valence-electron chi connectivity index (χ1n) is 8.78. The minimum atomic E-state index is 0.0941. The zero-order valence-electron chi connectivity index (χ0n) is 15.2. The predicted molar refractivity (Wildman–Crippen MR) is 104 cm³/mol. The third kappa shape index (κ3) is 2.83. The van der Waals surface area contributed by atoms with Crippen LogP contribution in [-0.2, 0) is 0 Å². The van der Waals surface area contributed by atoms with Crippen LogP contribution in [0.5, 0.6) is 5.75 Å². The molecule has 4 rings (SSSR count). The summed E-state index contributed by atoms with van der Waals surface area (Å²) in [6.45, 7) is 7.81. The lowest BCUT2D eigenvalue weighted by Gasteiger charge is -2.39. The molecule has 3 nitrogen and oxygen atoms in total. The number of carbonyl (C=O) groups is 1. The summed E-state index contributed by atoms with van der Waals surface area (Å²) in [5.41, 5.74) is 0.526. The fourth-order valence-corrected chi connectivity index (χ4v) is 6.58. The van der Waals surface area contributed by atoms with Gasteiger partial charge in [0.1, 0.15) is 10.6 Å². The van der Waals surface area contributed by atoms with Gasteiger partial charge in [0.05, 0.1) is 12.1 Å². The molecule has 1 aliphatic carbocycles. The Morgan fingerprint density at radius 2 is 2.08 bits per heavy atom. The van der Waals surface area contributed by atoms with Crippen molar-refractivity contribution >= 4 is 38.9 Å². The lowest BCUT2D eigenvalue weighted by atomic mass is 9.65. The van der Waals surface area contributed by atoms with Gasteiger partial charge in [0.2, 0.25) is 0 Å². The Morgan fingerprint density at radius 3 is 2.80 bits per heavy atom. The van der Waals surface area contributed by atoms with E-state index in [1.54, 1.807) is 7.11 Å². The molecule has 25 heavy (non-hydrogen) atoms. The van der Waals surface area contributed by atoms with Crippen molar-refractivity contribution in [2.45, 2.75) is 46.1 Å². The van der Waals surface area contributed by atoms with Crippen molar-refractivity contribution in [3.63, 3.8) is 0 Å². The lowest BCUT2D eigenvalue weighted by molar-refractivity contribution is 0.0713. The summed E-state index contributed by atoms with van der Waals surface area (Å²) in [4.78, 5) is 16.1. The summed E-state index contributed by atoms with van der Waals surface area (Å²) in [6, 6.07) is 6.14. The van der Waals surface area contributed by atoms with Gasteiger partial charge < -0.3 is 9.64 Å². The minimum Gasteiger partial charge on any atom is -0.497 e. The fraction of sp³-hybridized carbons (Fsp3) is 0.550. The molecule has 2 bridgehead atoms. The highest BCUT2D eigenvalue weighted by atomic mass is 35.5. The van der Waals surface area contributed by atoms with Crippen LogP contribution in [0.4, 0.5) is 0 Å². The molecular weight excluding hydrogens is 354 g/mol. The Balaban J connectivity index is 1.70. The van der Waals surface area contributed by atoms with Crippen molar-refractivity contribution in [2.75, 3.05) is 13.7 Å². The third-order valence-corrected chi connectivity index (χ3v) is 7.37. The number of amides is 1. The molecule has 1 aromatic heterocycles. The van der Waals surface area contributed by atoms with E-state index in [0.717, 1.165) is 35.2 Å². The average molecular weight is 378 g/mol. The zero-order valence-corrected chi connectivity index (χ0v) is 16.8. The first-order chi connectivity index (χ1) is 11.7. The SMILES string of the molecule is COc1ccc2sc(C(=O)N3CC4(C)CC3CC(C)(C)C4)c(Cl)c2c1. The maximum atomic E-state index is 13.3. The predicted octanol–water partition coefficient (Wildman–Crippen LogP) is 5.60. The number of fused-ring (bicyclic) bond motifs is 3. The number of thiophene rings is 1. The number of carbonyl (C=O) groups excluding carboxylic acids is 1. The monoisotopic (exact) mass is 377 g/mol. The second-order valence-corrected chi connectivity index (χ2v) is 10.2. The van der Waals surface area contributed by atoms with Crippen LogP contribution in [0.25, 0.3) is 10.1 Å². The molecule has 1 saturated carbocycles. The van der Waals surface area contributed by atoms with E-state index in [-0.39, 0.29) is 11.3 Å². The Labute approximate surface area is 157 Å². The van der Waals surface area contributed by atoms with Gasteiger partial charge in [-0.15, -0.1) is 11.3 Å². The van der Waals surface area contributed by atoms with E-state index < -0.39 is 0 Å². The zero-order chi connectivity index (χ0) is 18.0. The molecule has 2 heterocycles. The Kier molecular flexibility index (Phi) is 3.86. The molecule has 2 aliphatic rings.